The largest absolute Gasteiger partial charge is 0.454 e. The Balaban J connectivity index is 1.42. The quantitative estimate of drug-likeness (QED) is 0.896. The average molecular weight is 319 g/mol. The molecule has 1 aromatic carbocycles. The van der Waals surface area contributed by atoms with E-state index in [9.17, 15) is 9.59 Å². The van der Waals surface area contributed by atoms with Gasteiger partial charge in [-0.2, -0.15) is 0 Å². The maximum Gasteiger partial charge on any atom is 0.317 e. The predicted molar refractivity (Wildman–Crippen MR) is 83.5 cm³/mol. The summed E-state index contributed by atoms with van der Waals surface area (Å²) < 4.78 is 10.6. The molecule has 0 bridgehead atoms. The highest BCUT2D eigenvalue weighted by Crippen LogP contribution is 2.32. The van der Waals surface area contributed by atoms with Crippen molar-refractivity contribution in [3.05, 3.63) is 23.8 Å². The molecule has 1 aromatic rings. The van der Waals surface area contributed by atoms with Gasteiger partial charge in [0.1, 0.15) is 0 Å². The van der Waals surface area contributed by atoms with Crippen LogP contribution in [0.25, 0.3) is 0 Å². The van der Waals surface area contributed by atoms with Crippen LogP contribution < -0.4 is 14.8 Å². The van der Waals surface area contributed by atoms with Crippen LogP contribution in [0.4, 0.5) is 4.79 Å². The maximum absolute atomic E-state index is 12.1. The predicted octanol–water partition coefficient (Wildman–Crippen LogP) is 0.831. The first-order chi connectivity index (χ1) is 11.1. The molecule has 7 heteroatoms. The van der Waals surface area contributed by atoms with Gasteiger partial charge < -0.3 is 24.6 Å². The molecule has 2 aliphatic rings. The number of urea groups is 1. The lowest BCUT2D eigenvalue weighted by molar-refractivity contribution is -0.130. The number of carbonyl (C=O) groups is 2. The summed E-state index contributed by atoms with van der Waals surface area (Å²) in [6.07, 6.45) is 0.732. The second kappa shape index (κ2) is 6.76. The van der Waals surface area contributed by atoms with Crippen molar-refractivity contribution < 1.29 is 19.1 Å². The molecule has 1 N–H and O–H groups in total. The summed E-state index contributed by atoms with van der Waals surface area (Å²) in [6, 6.07) is 5.74. The fourth-order valence-electron chi connectivity index (χ4n) is 2.75. The molecule has 0 aromatic heterocycles. The van der Waals surface area contributed by atoms with Crippen LogP contribution in [0.15, 0.2) is 18.2 Å². The molecule has 0 unspecified atom stereocenters. The van der Waals surface area contributed by atoms with E-state index >= 15 is 0 Å². The summed E-state index contributed by atoms with van der Waals surface area (Å²) in [7, 11) is 0. The maximum atomic E-state index is 12.1. The smallest absolute Gasteiger partial charge is 0.317 e. The van der Waals surface area contributed by atoms with Gasteiger partial charge in [-0.3, -0.25) is 4.79 Å². The van der Waals surface area contributed by atoms with E-state index in [-0.39, 0.29) is 18.7 Å². The molecule has 3 rings (SSSR count). The number of amides is 3. The van der Waals surface area contributed by atoms with E-state index in [1.165, 1.54) is 0 Å². The standard InChI is InChI=1S/C16H21N3O4/c1-12(20)18-6-8-19(9-7-18)16(21)17-5-4-13-2-3-14-15(10-13)23-11-22-14/h2-3,10H,4-9,11H2,1H3,(H,17,21). The van der Waals surface area contributed by atoms with Gasteiger partial charge in [0, 0.05) is 39.6 Å². The molecule has 1 fully saturated rings. The van der Waals surface area contributed by atoms with Crippen LogP contribution >= 0.6 is 0 Å². The van der Waals surface area contributed by atoms with Crippen molar-refractivity contribution in [1.29, 1.82) is 0 Å². The van der Waals surface area contributed by atoms with E-state index in [0.717, 1.165) is 23.5 Å². The summed E-state index contributed by atoms with van der Waals surface area (Å²) in [5.41, 5.74) is 1.09. The zero-order chi connectivity index (χ0) is 16.2. The summed E-state index contributed by atoms with van der Waals surface area (Å²) in [4.78, 5) is 26.9. The first-order valence-corrected chi connectivity index (χ1v) is 7.80. The lowest BCUT2D eigenvalue weighted by Gasteiger charge is -2.34. The average Bonchev–Trinajstić information content (AvgIpc) is 3.02. The molecule has 0 aliphatic carbocycles. The van der Waals surface area contributed by atoms with Gasteiger partial charge in [-0.15, -0.1) is 0 Å². The van der Waals surface area contributed by atoms with Crippen LogP contribution in [-0.2, 0) is 11.2 Å². The Hall–Kier alpha value is -2.44. The SMILES string of the molecule is CC(=O)N1CCN(C(=O)NCCc2ccc3c(c2)OCO3)CC1. The Morgan fingerprint density at radius 3 is 2.52 bits per heavy atom. The van der Waals surface area contributed by atoms with Gasteiger partial charge in [0.15, 0.2) is 11.5 Å². The number of hydrogen-bond donors (Lipinski definition) is 1. The summed E-state index contributed by atoms with van der Waals surface area (Å²) in [5, 5.41) is 2.92. The first kappa shape index (κ1) is 15.5. The lowest BCUT2D eigenvalue weighted by Crippen LogP contribution is -2.52. The van der Waals surface area contributed by atoms with Crippen LogP contribution in [0.2, 0.25) is 0 Å². The highest BCUT2D eigenvalue weighted by atomic mass is 16.7. The number of piperazine rings is 1. The minimum Gasteiger partial charge on any atom is -0.454 e. The summed E-state index contributed by atoms with van der Waals surface area (Å²) in [6.45, 7) is 4.75. The molecular formula is C16H21N3O4. The normalized spacial score (nSPS) is 16.4. The molecule has 0 spiro atoms. The lowest BCUT2D eigenvalue weighted by atomic mass is 10.1. The van der Waals surface area contributed by atoms with E-state index in [4.69, 9.17) is 9.47 Å². The van der Waals surface area contributed by atoms with Crippen molar-refractivity contribution >= 4 is 11.9 Å². The van der Waals surface area contributed by atoms with Crippen LogP contribution in [-0.4, -0.2) is 61.3 Å². The number of carbonyl (C=O) groups excluding carboxylic acids is 2. The van der Waals surface area contributed by atoms with Crippen LogP contribution in [0.1, 0.15) is 12.5 Å². The monoisotopic (exact) mass is 319 g/mol. The van der Waals surface area contributed by atoms with Gasteiger partial charge >= 0.3 is 6.03 Å². The van der Waals surface area contributed by atoms with E-state index < -0.39 is 0 Å². The van der Waals surface area contributed by atoms with E-state index in [0.29, 0.717) is 32.7 Å². The third-order valence-corrected chi connectivity index (χ3v) is 4.14. The molecule has 7 nitrogen and oxygen atoms in total. The number of fused-ring (bicyclic) bond motifs is 1. The van der Waals surface area contributed by atoms with Gasteiger partial charge in [0.25, 0.3) is 0 Å². The van der Waals surface area contributed by atoms with Gasteiger partial charge in [0.05, 0.1) is 0 Å². The van der Waals surface area contributed by atoms with Gasteiger partial charge in [-0.25, -0.2) is 4.79 Å². The Labute approximate surface area is 135 Å². The molecule has 2 aliphatic heterocycles. The summed E-state index contributed by atoms with van der Waals surface area (Å²) >= 11 is 0. The molecule has 3 amide bonds. The number of nitrogens with zero attached hydrogens (tertiary/aromatic N) is 2. The zero-order valence-corrected chi connectivity index (χ0v) is 13.2. The van der Waals surface area contributed by atoms with Crippen molar-refractivity contribution in [3.63, 3.8) is 0 Å². The number of hydrogen-bond acceptors (Lipinski definition) is 4. The third-order valence-electron chi connectivity index (χ3n) is 4.14. The van der Waals surface area contributed by atoms with Gasteiger partial charge in [0.2, 0.25) is 12.7 Å². The van der Waals surface area contributed by atoms with Crippen molar-refractivity contribution in [3.8, 4) is 11.5 Å². The van der Waals surface area contributed by atoms with Crippen LogP contribution in [0.3, 0.4) is 0 Å². The Morgan fingerprint density at radius 2 is 1.78 bits per heavy atom. The van der Waals surface area contributed by atoms with Gasteiger partial charge in [-0.1, -0.05) is 6.07 Å². The highest BCUT2D eigenvalue weighted by molar-refractivity contribution is 5.76. The topological polar surface area (TPSA) is 71.1 Å². The second-order valence-corrected chi connectivity index (χ2v) is 5.66. The fraction of sp³-hybridized carbons (Fsp3) is 0.500. The highest BCUT2D eigenvalue weighted by Gasteiger charge is 2.22. The Morgan fingerprint density at radius 1 is 1.09 bits per heavy atom. The Kier molecular flexibility index (Phi) is 4.55. The van der Waals surface area contributed by atoms with Crippen molar-refractivity contribution in [2.45, 2.75) is 13.3 Å². The minimum absolute atomic E-state index is 0.0628. The van der Waals surface area contributed by atoms with E-state index in [1.807, 2.05) is 18.2 Å². The minimum atomic E-state index is -0.0751. The molecule has 1 saturated heterocycles. The van der Waals surface area contributed by atoms with Crippen molar-refractivity contribution in [1.82, 2.24) is 15.1 Å². The summed E-state index contributed by atoms with van der Waals surface area (Å²) in [5.74, 6) is 1.59. The molecule has 0 atom stereocenters. The second-order valence-electron chi connectivity index (χ2n) is 5.66. The molecular weight excluding hydrogens is 298 g/mol. The third kappa shape index (κ3) is 3.67. The molecule has 23 heavy (non-hydrogen) atoms. The number of ether oxygens (including phenoxy) is 2. The number of nitrogens with one attached hydrogen (secondary N) is 1. The molecule has 0 saturated carbocycles. The van der Waals surface area contributed by atoms with Crippen LogP contribution in [0.5, 0.6) is 11.5 Å². The molecule has 0 radical (unpaired) electrons. The Bertz CT molecular complexity index is 597. The van der Waals surface area contributed by atoms with Crippen LogP contribution in [0, 0.1) is 0 Å². The number of rotatable bonds is 3. The zero-order valence-electron chi connectivity index (χ0n) is 13.2. The molecule has 124 valence electrons. The van der Waals surface area contributed by atoms with E-state index in [1.54, 1.807) is 16.7 Å². The first-order valence-electron chi connectivity index (χ1n) is 7.80. The van der Waals surface area contributed by atoms with E-state index in [2.05, 4.69) is 5.32 Å². The van der Waals surface area contributed by atoms with Crippen molar-refractivity contribution in [2.24, 2.45) is 0 Å². The molecule has 2 heterocycles. The number of benzene rings is 1. The van der Waals surface area contributed by atoms with Gasteiger partial charge in [-0.05, 0) is 24.1 Å². The van der Waals surface area contributed by atoms with Crippen molar-refractivity contribution in [2.75, 3.05) is 39.5 Å². The fourth-order valence-corrected chi connectivity index (χ4v) is 2.75.